The van der Waals surface area contributed by atoms with Crippen LogP contribution in [0.2, 0.25) is 5.02 Å². The molecule has 6 nitrogen and oxygen atoms in total. The Bertz CT molecular complexity index is 1180. The van der Waals surface area contributed by atoms with Crippen molar-refractivity contribution in [3.8, 4) is 0 Å². The Balaban J connectivity index is 1.53. The number of rotatable bonds is 4. The molecule has 0 radical (unpaired) electrons. The maximum Gasteiger partial charge on any atom is 0.294 e. The third-order valence-electron chi connectivity index (χ3n) is 4.54. The van der Waals surface area contributed by atoms with Gasteiger partial charge in [-0.1, -0.05) is 41.9 Å². The first-order valence-electron chi connectivity index (χ1n) is 8.78. The lowest BCUT2D eigenvalue weighted by Crippen LogP contribution is -2.36. The summed E-state index contributed by atoms with van der Waals surface area (Å²) in [4.78, 5) is 38.6. The molecule has 3 aromatic rings. The van der Waals surface area contributed by atoms with Gasteiger partial charge in [-0.3, -0.25) is 19.3 Å². The summed E-state index contributed by atoms with van der Waals surface area (Å²) < 4.78 is 1.96. The summed E-state index contributed by atoms with van der Waals surface area (Å²) in [7, 11) is 1.92. The number of imide groups is 1. The molecule has 1 aromatic heterocycles. The molecule has 146 valence electrons. The normalized spacial score (nSPS) is 15.5. The van der Waals surface area contributed by atoms with Gasteiger partial charge in [0.25, 0.3) is 11.1 Å². The Morgan fingerprint density at radius 2 is 1.86 bits per heavy atom. The zero-order chi connectivity index (χ0) is 20.5. The van der Waals surface area contributed by atoms with E-state index in [1.807, 2.05) is 42.1 Å². The molecule has 8 heteroatoms. The van der Waals surface area contributed by atoms with Gasteiger partial charge in [-0.25, -0.2) is 0 Å². The van der Waals surface area contributed by atoms with Crippen LogP contribution in [-0.4, -0.2) is 33.1 Å². The first kappa shape index (κ1) is 19.3. The molecule has 0 spiro atoms. The molecule has 2 aromatic carbocycles. The van der Waals surface area contributed by atoms with Gasteiger partial charge >= 0.3 is 0 Å². The summed E-state index contributed by atoms with van der Waals surface area (Å²) >= 11 is 6.86. The Morgan fingerprint density at radius 3 is 2.66 bits per heavy atom. The third-order valence-corrected chi connectivity index (χ3v) is 5.77. The second-order valence-electron chi connectivity index (χ2n) is 6.51. The molecule has 4 rings (SSSR count). The third kappa shape index (κ3) is 3.79. The van der Waals surface area contributed by atoms with Crippen molar-refractivity contribution in [2.75, 3.05) is 11.9 Å². The minimum absolute atomic E-state index is 0.289. The van der Waals surface area contributed by atoms with Gasteiger partial charge < -0.3 is 9.88 Å². The highest BCUT2D eigenvalue weighted by molar-refractivity contribution is 8.18. The van der Waals surface area contributed by atoms with Crippen LogP contribution in [0, 0.1) is 0 Å². The molecule has 1 N–H and O–H groups in total. The van der Waals surface area contributed by atoms with Crippen LogP contribution in [-0.2, 0) is 16.6 Å². The monoisotopic (exact) mass is 425 g/mol. The maximum atomic E-state index is 12.7. The van der Waals surface area contributed by atoms with Gasteiger partial charge in [-0.05, 0) is 36.0 Å². The van der Waals surface area contributed by atoms with E-state index in [4.69, 9.17) is 11.6 Å². The SMILES string of the molecule is Cn1cc(/C=C2/SC(=O)N(CC(=O)Nc3ccccc3Cl)C2=O)c2ccccc21. The lowest BCUT2D eigenvalue weighted by molar-refractivity contribution is -0.127. The number of fused-ring (bicyclic) bond motifs is 1. The Labute approximate surface area is 176 Å². The van der Waals surface area contributed by atoms with Crippen molar-refractivity contribution in [1.82, 2.24) is 9.47 Å². The fourth-order valence-electron chi connectivity index (χ4n) is 3.16. The number of hydrogen-bond acceptors (Lipinski definition) is 4. The number of halogens is 1. The number of carbonyl (C=O) groups excluding carboxylic acids is 3. The number of hydrogen-bond donors (Lipinski definition) is 1. The number of para-hydroxylation sites is 2. The average molecular weight is 426 g/mol. The topological polar surface area (TPSA) is 71.4 Å². The zero-order valence-corrected chi connectivity index (χ0v) is 17.0. The van der Waals surface area contributed by atoms with E-state index < -0.39 is 17.1 Å². The average Bonchev–Trinajstić information content (AvgIpc) is 3.15. The number of aryl methyl sites for hydroxylation is 1. The van der Waals surface area contributed by atoms with E-state index in [0.717, 1.165) is 33.1 Å². The van der Waals surface area contributed by atoms with Crippen LogP contribution < -0.4 is 5.32 Å². The predicted octanol–water partition coefficient (Wildman–Crippen LogP) is 4.51. The molecular formula is C21H16ClN3O3S. The van der Waals surface area contributed by atoms with Gasteiger partial charge in [0.2, 0.25) is 5.91 Å². The van der Waals surface area contributed by atoms with E-state index in [2.05, 4.69) is 5.32 Å². The zero-order valence-electron chi connectivity index (χ0n) is 15.4. The van der Waals surface area contributed by atoms with Gasteiger partial charge in [0.15, 0.2) is 0 Å². The quantitative estimate of drug-likeness (QED) is 0.624. The summed E-state index contributed by atoms with van der Waals surface area (Å²) in [5.74, 6) is -0.978. The molecule has 1 aliphatic rings. The van der Waals surface area contributed by atoms with E-state index in [0.29, 0.717) is 10.7 Å². The second-order valence-corrected chi connectivity index (χ2v) is 7.91. The standard InChI is InChI=1S/C21H16ClN3O3S/c1-24-11-13(14-6-2-5-9-17(14)24)10-18-20(27)25(21(28)29-18)12-19(26)23-16-8-4-3-7-15(16)22/h2-11H,12H2,1H3,(H,23,26)/b18-10+. The molecule has 0 aliphatic carbocycles. The number of nitrogens with one attached hydrogen (secondary N) is 1. The summed E-state index contributed by atoms with van der Waals surface area (Å²) in [5, 5.41) is 3.51. The van der Waals surface area contributed by atoms with Gasteiger partial charge in [0.05, 0.1) is 15.6 Å². The molecule has 0 saturated carbocycles. The molecule has 1 fully saturated rings. The lowest BCUT2D eigenvalue weighted by atomic mass is 10.1. The van der Waals surface area contributed by atoms with Crippen molar-refractivity contribution in [1.29, 1.82) is 0 Å². The summed E-state index contributed by atoms with van der Waals surface area (Å²) in [6.45, 7) is -0.372. The van der Waals surface area contributed by atoms with E-state index in [9.17, 15) is 14.4 Å². The van der Waals surface area contributed by atoms with Crippen LogP contribution in [0.4, 0.5) is 10.5 Å². The molecule has 29 heavy (non-hydrogen) atoms. The summed E-state index contributed by atoms with van der Waals surface area (Å²) in [5.41, 5.74) is 2.30. The molecule has 3 amide bonds. The van der Waals surface area contributed by atoms with E-state index in [1.165, 1.54) is 0 Å². The molecule has 1 saturated heterocycles. The smallest absolute Gasteiger partial charge is 0.294 e. The minimum Gasteiger partial charge on any atom is -0.350 e. The van der Waals surface area contributed by atoms with Gasteiger partial charge in [-0.15, -0.1) is 0 Å². The Hall–Kier alpha value is -3.03. The highest BCUT2D eigenvalue weighted by Crippen LogP contribution is 2.34. The highest BCUT2D eigenvalue weighted by Gasteiger charge is 2.36. The van der Waals surface area contributed by atoms with Crippen molar-refractivity contribution in [2.24, 2.45) is 7.05 Å². The van der Waals surface area contributed by atoms with Gasteiger partial charge in [-0.2, -0.15) is 0 Å². The van der Waals surface area contributed by atoms with Crippen molar-refractivity contribution in [2.45, 2.75) is 0 Å². The van der Waals surface area contributed by atoms with E-state index >= 15 is 0 Å². The van der Waals surface area contributed by atoms with Crippen molar-refractivity contribution in [3.63, 3.8) is 0 Å². The molecule has 0 atom stereocenters. The predicted molar refractivity (Wildman–Crippen MR) is 116 cm³/mol. The number of anilines is 1. The van der Waals surface area contributed by atoms with Crippen LogP contribution in [0.3, 0.4) is 0 Å². The summed E-state index contributed by atoms with van der Waals surface area (Å²) in [6, 6.07) is 14.6. The van der Waals surface area contributed by atoms with Crippen molar-refractivity contribution in [3.05, 3.63) is 70.2 Å². The van der Waals surface area contributed by atoms with Crippen LogP contribution in [0.25, 0.3) is 17.0 Å². The minimum atomic E-state index is -0.494. The summed E-state index contributed by atoms with van der Waals surface area (Å²) in [6.07, 6.45) is 3.60. The lowest BCUT2D eigenvalue weighted by Gasteiger charge is -2.13. The number of aromatic nitrogens is 1. The van der Waals surface area contributed by atoms with Crippen LogP contribution in [0.15, 0.2) is 59.6 Å². The second kappa shape index (κ2) is 7.77. The fourth-order valence-corrected chi connectivity index (χ4v) is 4.17. The number of nitrogens with zero attached hydrogens (tertiary/aromatic N) is 2. The molecule has 0 bridgehead atoms. The number of carbonyl (C=O) groups is 3. The maximum absolute atomic E-state index is 12.7. The van der Waals surface area contributed by atoms with Crippen LogP contribution >= 0.6 is 23.4 Å². The molecule has 2 heterocycles. The Morgan fingerprint density at radius 1 is 1.14 bits per heavy atom. The van der Waals surface area contributed by atoms with E-state index in [-0.39, 0.29) is 11.4 Å². The van der Waals surface area contributed by atoms with E-state index in [1.54, 1.807) is 30.3 Å². The number of amides is 3. The van der Waals surface area contributed by atoms with Crippen LogP contribution in [0.1, 0.15) is 5.56 Å². The van der Waals surface area contributed by atoms with Gasteiger partial charge in [0.1, 0.15) is 6.54 Å². The molecule has 1 aliphatic heterocycles. The molecular weight excluding hydrogens is 410 g/mol. The van der Waals surface area contributed by atoms with Crippen LogP contribution in [0.5, 0.6) is 0 Å². The number of benzene rings is 2. The number of thioether (sulfide) groups is 1. The Kier molecular flexibility index (Phi) is 5.17. The van der Waals surface area contributed by atoms with Gasteiger partial charge in [0, 0.05) is 29.7 Å². The first-order chi connectivity index (χ1) is 13.9. The highest BCUT2D eigenvalue weighted by atomic mass is 35.5. The van der Waals surface area contributed by atoms with Crippen molar-refractivity contribution >= 4 is 63.1 Å². The molecule has 0 unspecified atom stereocenters. The first-order valence-corrected chi connectivity index (χ1v) is 9.97. The fraction of sp³-hybridized carbons (Fsp3) is 0.0952. The largest absolute Gasteiger partial charge is 0.350 e. The van der Waals surface area contributed by atoms with Crippen molar-refractivity contribution < 1.29 is 14.4 Å².